The van der Waals surface area contributed by atoms with Gasteiger partial charge in [0.05, 0.1) is 6.61 Å². The predicted molar refractivity (Wildman–Crippen MR) is 90.0 cm³/mol. The van der Waals surface area contributed by atoms with Crippen molar-refractivity contribution in [2.24, 2.45) is 0 Å². The van der Waals surface area contributed by atoms with Gasteiger partial charge in [0, 0.05) is 47.4 Å². The number of nitrogens with one attached hydrogen (secondary N) is 1. The second-order valence-electron chi connectivity index (χ2n) is 6.31. The molecule has 0 amide bonds. The van der Waals surface area contributed by atoms with E-state index >= 15 is 0 Å². The molecule has 0 radical (unpaired) electrons. The number of fused-ring (bicyclic) bond motifs is 1. The zero-order valence-corrected chi connectivity index (χ0v) is 14.1. The van der Waals surface area contributed by atoms with Crippen molar-refractivity contribution in [1.29, 1.82) is 0 Å². The monoisotopic (exact) mass is 308 g/mol. The first-order valence-corrected chi connectivity index (χ1v) is 7.88. The number of rotatable bonds is 6. The molecule has 0 saturated heterocycles. The topological polar surface area (TPSA) is 26.2 Å². The number of ether oxygens (including phenoxy) is 1. The van der Waals surface area contributed by atoms with Gasteiger partial charge in [-0.3, -0.25) is 0 Å². The van der Waals surface area contributed by atoms with Gasteiger partial charge in [-0.2, -0.15) is 0 Å². The molecule has 116 valence electrons. The highest BCUT2D eigenvalue weighted by atomic mass is 35.5. The van der Waals surface area contributed by atoms with Crippen LogP contribution in [-0.4, -0.2) is 23.3 Å². The summed E-state index contributed by atoms with van der Waals surface area (Å²) < 4.78 is 7.70. The molecule has 0 saturated carbocycles. The molecule has 1 N–H and O–H groups in total. The highest BCUT2D eigenvalue weighted by Gasteiger charge is 2.13. The minimum Gasteiger partial charge on any atom is -0.380 e. The molecule has 0 spiro atoms. The lowest BCUT2D eigenvalue weighted by molar-refractivity contribution is 0.140. The third kappa shape index (κ3) is 4.47. The van der Waals surface area contributed by atoms with E-state index in [4.69, 9.17) is 16.3 Å². The summed E-state index contributed by atoms with van der Waals surface area (Å²) in [5.41, 5.74) is 2.58. The van der Waals surface area contributed by atoms with Crippen LogP contribution in [0.1, 0.15) is 33.3 Å². The average Bonchev–Trinajstić information content (AvgIpc) is 2.74. The molecular formula is C17H25ClN2O. The van der Waals surface area contributed by atoms with Crippen molar-refractivity contribution < 1.29 is 4.74 Å². The lowest BCUT2D eigenvalue weighted by atomic mass is 10.1. The Bertz CT molecular complexity index is 599. The van der Waals surface area contributed by atoms with E-state index in [0.717, 1.165) is 31.3 Å². The van der Waals surface area contributed by atoms with Gasteiger partial charge < -0.3 is 14.6 Å². The second-order valence-corrected chi connectivity index (χ2v) is 6.75. The first-order chi connectivity index (χ1) is 9.90. The maximum absolute atomic E-state index is 6.15. The van der Waals surface area contributed by atoms with Gasteiger partial charge in [0.2, 0.25) is 0 Å². The van der Waals surface area contributed by atoms with E-state index in [1.54, 1.807) is 0 Å². The molecule has 2 rings (SSSR count). The van der Waals surface area contributed by atoms with Gasteiger partial charge in [0.1, 0.15) is 0 Å². The van der Waals surface area contributed by atoms with Crippen LogP contribution < -0.4 is 5.32 Å². The molecule has 2 aromatic rings. The fourth-order valence-electron chi connectivity index (χ4n) is 2.33. The van der Waals surface area contributed by atoms with Gasteiger partial charge in [-0.1, -0.05) is 17.7 Å². The van der Waals surface area contributed by atoms with E-state index in [9.17, 15) is 0 Å². The van der Waals surface area contributed by atoms with E-state index in [1.165, 1.54) is 16.5 Å². The fourth-order valence-corrected chi connectivity index (χ4v) is 2.50. The summed E-state index contributed by atoms with van der Waals surface area (Å²) in [6.07, 6.45) is 2.21. The molecule has 0 bridgehead atoms. The Morgan fingerprint density at radius 2 is 2.05 bits per heavy atom. The Balaban J connectivity index is 2.28. The van der Waals surface area contributed by atoms with Gasteiger partial charge in [0.15, 0.2) is 0 Å². The summed E-state index contributed by atoms with van der Waals surface area (Å²) in [5.74, 6) is 0. The molecule has 0 aliphatic heterocycles. The van der Waals surface area contributed by atoms with E-state index in [2.05, 4.69) is 42.9 Å². The van der Waals surface area contributed by atoms with Crippen LogP contribution in [0.25, 0.3) is 10.9 Å². The summed E-state index contributed by atoms with van der Waals surface area (Å²) in [6.45, 7) is 11.7. The standard InChI is InChI=1S/C17H25ClN2O/c1-5-21-9-8-20-12-13(11-19-17(2,3)4)15-7-6-14(18)10-16(15)20/h6-7,10,12,19H,5,8-9,11H2,1-4H3. The maximum Gasteiger partial charge on any atom is 0.0645 e. The number of benzene rings is 1. The van der Waals surface area contributed by atoms with Crippen LogP contribution >= 0.6 is 11.6 Å². The van der Waals surface area contributed by atoms with Crippen LogP contribution in [0.15, 0.2) is 24.4 Å². The minimum absolute atomic E-state index is 0.103. The quantitative estimate of drug-likeness (QED) is 0.809. The highest BCUT2D eigenvalue weighted by Crippen LogP contribution is 2.25. The van der Waals surface area contributed by atoms with Crippen LogP contribution in [0.2, 0.25) is 5.02 Å². The smallest absolute Gasteiger partial charge is 0.0645 e. The predicted octanol–water partition coefficient (Wildman–Crippen LogP) is 4.22. The Morgan fingerprint density at radius 1 is 1.29 bits per heavy atom. The van der Waals surface area contributed by atoms with E-state index in [-0.39, 0.29) is 5.54 Å². The Hall–Kier alpha value is -1.03. The Labute approximate surface area is 132 Å². The number of aromatic nitrogens is 1. The largest absolute Gasteiger partial charge is 0.380 e. The van der Waals surface area contributed by atoms with Crippen LogP contribution in [0.5, 0.6) is 0 Å². The van der Waals surface area contributed by atoms with Crippen molar-refractivity contribution in [2.45, 2.75) is 46.3 Å². The maximum atomic E-state index is 6.15. The molecule has 21 heavy (non-hydrogen) atoms. The zero-order valence-electron chi connectivity index (χ0n) is 13.4. The van der Waals surface area contributed by atoms with Crippen LogP contribution in [0, 0.1) is 0 Å². The fraction of sp³-hybridized carbons (Fsp3) is 0.529. The van der Waals surface area contributed by atoms with Gasteiger partial charge in [0.25, 0.3) is 0 Å². The van der Waals surface area contributed by atoms with E-state index < -0.39 is 0 Å². The number of nitrogens with zero attached hydrogens (tertiary/aromatic N) is 1. The number of halogens is 1. The zero-order chi connectivity index (χ0) is 15.5. The lowest BCUT2D eigenvalue weighted by Gasteiger charge is -2.20. The molecular weight excluding hydrogens is 284 g/mol. The van der Waals surface area contributed by atoms with E-state index in [1.807, 2.05) is 19.1 Å². The molecule has 0 unspecified atom stereocenters. The summed E-state index contributed by atoms with van der Waals surface area (Å²) >= 11 is 6.15. The SMILES string of the molecule is CCOCCn1cc(CNC(C)(C)C)c2ccc(Cl)cc21. The third-order valence-corrected chi connectivity index (χ3v) is 3.65. The third-order valence-electron chi connectivity index (χ3n) is 3.42. The molecule has 1 heterocycles. The second kappa shape index (κ2) is 6.82. The molecule has 3 nitrogen and oxygen atoms in total. The van der Waals surface area contributed by atoms with Gasteiger partial charge in [-0.25, -0.2) is 0 Å². The van der Waals surface area contributed by atoms with Crippen LogP contribution in [0.4, 0.5) is 0 Å². The Morgan fingerprint density at radius 3 is 2.71 bits per heavy atom. The molecule has 0 atom stereocenters. The highest BCUT2D eigenvalue weighted by molar-refractivity contribution is 6.31. The summed E-state index contributed by atoms with van der Waals surface area (Å²) in [5, 5.41) is 5.58. The van der Waals surface area contributed by atoms with Crippen LogP contribution in [0.3, 0.4) is 0 Å². The summed E-state index contributed by atoms with van der Waals surface area (Å²) in [4.78, 5) is 0. The van der Waals surface area contributed by atoms with Crippen molar-refractivity contribution in [1.82, 2.24) is 9.88 Å². The number of hydrogen-bond donors (Lipinski definition) is 1. The molecule has 1 aromatic heterocycles. The normalized spacial score (nSPS) is 12.2. The summed E-state index contributed by atoms with van der Waals surface area (Å²) in [7, 11) is 0. The Kier molecular flexibility index (Phi) is 5.31. The van der Waals surface area contributed by atoms with Crippen molar-refractivity contribution in [3.8, 4) is 0 Å². The lowest BCUT2D eigenvalue weighted by Crippen LogP contribution is -2.34. The number of hydrogen-bond acceptors (Lipinski definition) is 2. The first-order valence-electron chi connectivity index (χ1n) is 7.51. The summed E-state index contributed by atoms with van der Waals surface area (Å²) in [6, 6.07) is 6.09. The van der Waals surface area contributed by atoms with Crippen molar-refractivity contribution in [3.05, 3.63) is 35.0 Å². The average molecular weight is 309 g/mol. The van der Waals surface area contributed by atoms with Crippen molar-refractivity contribution in [2.75, 3.05) is 13.2 Å². The van der Waals surface area contributed by atoms with Crippen molar-refractivity contribution >= 4 is 22.5 Å². The molecule has 4 heteroatoms. The molecule has 0 aliphatic rings. The molecule has 0 fully saturated rings. The minimum atomic E-state index is 0.103. The van der Waals surface area contributed by atoms with Crippen molar-refractivity contribution in [3.63, 3.8) is 0 Å². The first kappa shape index (κ1) is 16.3. The molecule has 0 aliphatic carbocycles. The van der Waals surface area contributed by atoms with Crippen LogP contribution in [-0.2, 0) is 17.8 Å². The van der Waals surface area contributed by atoms with Gasteiger partial charge in [-0.15, -0.1) is 0 Å². The van der Waals surface area contributed by atoms with E-state index in [0.29, 0.717) is 0 Å². The van der Waals surface area contributed by atoms with Gasteiger partial charge >= 0.3 is 0 Å². The molecule has 1 aromatic carbocycles. The van der Waals surface area contributed by atoms with Gasteiger partial charge in [-0.05, 0) is 45.4 Å².